The first kappa shape index (κ1) is 38.6. The number of amides is 1. The van der Waals surface area contributed by atoms with Gasteiger partial charge < -0.3 is 25.0 Å². The van der Waals surface area contributed by atoms with Crippen molar-refractivity contribution in [2.45, 2.75) is 97.9 Å². The number of carboxylic acids is 1. The molecule has 9 nitrogen and oxygen atoms in total. The lowest BCUT2D eigenvalue weighted by molar-refractivity contribution is -0.221. The molecule has 8 rings (SSSR count). The van der Waals surface area contributed by atoms with Crippen LogP contribution < -0.4 is 5.32 Å². The SMILES string of the molecule is CC1(C)C(c2ccc(C(=O)O)cc2)=CC[C@]2(C)[C@H]3CC[C@@H]4[C@H]5[C@H](C(=O)N6CCOCC6)CC[C@]5(NCCN5CCS(=O)(=O)CC5)CC[C@@]4(C)[C@]3(C)CC[C@@H]12. The summed E-state index contributed by atoms with van der Waals surface area (Å²) in [6, 6.07) is 7.52. The smallest absolute Gasteiger partial charge is 0.335 e. The van der Waals surface area contributed by atoms with Crippen LogP contribution in [0.25, 0.3) is 5.57 Å². The standard InChI is InChI=1S/C44H65N3O6S/c1-40(2)33(30-6-8-31(9-7-30)39(49)50)13-15-41(3)35(40)14-16-43(5)36(41)11-10-34-37-32(38(48)47-22-26-53-27-23-47)12-17-44(37,19-18-42(34,43)4)45-20-21-46-24-28-54(51,52)29-25-46/h6-9,13,32,34-37,45H,10-12,14-29H2,1-5H3,(H,49,50)/t32-,34-,35+,36-,37-,41+,42-,43-,44+/m1/s1. The number of carbonyl (C=O) groups excluding carboxylic acids is 1. The fraction of sp³-hybridized carbons (Fsp3) is 0.773. The number of carboxylic acid groups (broad SMARTS) is 1. The van der Waals surface area contributed by atoms with Gasteiger partial charge >= 0.3 is 5.97 Å². The fourth-order valence-electron chi connectivity index (χ4n) is 14.5. The highest BCUT2D eigenvalue weighted by Gasteiger charge is 2.71. The summed E-state index contributed by atoms with van der Waals surface area (Å²) < 4.78 is 29.9. The van der Waals surface area contributed by atoms with Crippen LogP contribution in [0.5, 0.6) is 0 Å². The van der Waals surface area contributed by atoms with Crippen LogP contribution in [-0.4, -0.2) is 105 Å². The number of rotatable bonds is 7. The Balaban J connectivity index is 1.08. The Morgan fingerprint density at radius 1 is 0.852 bits per heavy atom. The third-order valence-electron chi connectivity index (χ3n) is 17.4. The second kappa shape index (κ2) is 13.7. The molecule has 1 amide bonds. The van der Waals surface area contributed by atoms with Gasteiger partial charge in [-0.1, -0.05) is 52.8 Å². The Morgan fingerprint density at radius 3 is 2.24 bits per heavy atom. The highest BCUT2D eigenvalue weighted by molar-refractivity contribution is 7.91. The number of hydrogen-bond acceptors (Lipinski definition) is 7. The number of nitrogens with one attached hydrogen (secondary N) is 1. The molecule has 1 aromatic rings. The van der Waals surface area contributed by atoms with E-state index in [0.29, 0.717) is 74.5 Å². The summed E-state index contributed by atoms with van der Waals surface area (Å²) >= 11 is 0. The predicted octanol–water partition coefficient (Wildman–Crippen LogP) is 6.39. The minimum absolute atomic E-state index is 0.0269. The summed E-state index contributed by atoms with van der Waals surface area (Å²) in [7, 11) is -2.91. The molecule has 54 heavy (non-hydrogen) atoms. The lowest BCUT2D eigenvalue weighted by Crippen LogP contribution is -2.68. The summed E-state index contributed by atoms with van der Waals surface area (Å²) in [5.74, 6) is 1.87. The summed E-state index contributed by atoms with van der Waals surface area (Å²) in [4.78, 5) is 30.6. The van der Waals surface area contributed by atoms with E-state index in [2.05, 4.69) is 55.8 Å². The Hall–Kier alpha value is -2.27. The minimum Gasteiger partial charge on any atom is -0.478 e. The lowest BCUT2D eigenvalue weighted by Gasteiger charge is -2.72. The van der Waals surface area contributed by atoms with Crippen molar-refractivity contribution in [3.8, 4) is 0 Å². The second-order valence-electron chi connectivity index (χ2n) is 19.8. The highest BCUT2D eigenvalue weighted by atomic mass is 32.2. The van der Waals surface area contributed by atoms with Crippen molar-refractivity contribution in [2.75, 3.05) is 64.0 Å². The molecular formula is C44H65N3O6S. The van der Waals surface area contributed by atoms with Crippen molar-refractivity contribution in [3.63, 3.8) is 0 Å². The van der Waals surface area contributed by atoms with Gasteiger partial charge in [0.25, 0.3) is 0 Å². The Bertz CT molecular complexity index is 1760. The average Bonchev–Trinajstić information content (AvgIpc) is 3.52. The zero-order chi connectivity index (χ0) is 38.3. The van der Waals surface area contributed by atoms with Gasteiger partial charge in [-0.25, -0.2) is 13.2 Å². The molecule has 2 saturated heterocycles. The molecule has 4 saturated carbocycles. The van der Waals surface area contributed by atoms with Crippen molar-refractivity contribution in [1.29, 1.82) is 0 Å². The van der Waals surface area contributed by atoms with Crippen molar-refractivity contribution in [3.05, 3.63) is 41.5 Å². The quantitative estimate of drug-likeness (QED) is 0.329. The number of ether oxygens (including phenoxy) is 1. The van der Waals surface area contributed by atoms with E-state index in [-0.39, 0.29) is 44.6 Å². The van der Waals surface area contributed by atoms with Crippen LogP contribution >= 0.6 is 0 Å². The van der Waals surface area contributed by atoms with Gasteiger partial charge in [0.15, 0.2) is 9.84 Å². The van der Waals surface area contributed by atoms with Crippen LogP contribution in [0.15, 0.2) is 30.3 Å². The number of sulfone groups is 1. The zero-order valence-electron chi connectivity index (χ0n) is 33.5. The number of aromatic carboxylic acids is 1. The van der Waals surface area contributed by atoms with Gasteiger partial charge in [0, 0.05) is 50.7 Å². The number of nitrogens with zero attached hydrogens (tertiary/aromatic N) is 2. The summed E-state index contributed by atoms with van der Waals surface area (Å²) in [5, 5.41) is 13.7. The number of allylic oxidation sites excluding steroid dienone is 2. The average molecular weight is 764 g/mol. The molecule has 0 unspecified atom stereocenters. The predicted molar refractivity (Wildman–Crippen MR) is 212 cm³/mol. The molecular weight excluding hydrogens is 699 g/mol. The maximum Gasteiger partial charge on any atom is 0.335 e. The molecule has 7 aliphatic rings. The first-order valence-corrected chi connectivity index (χ1v) is 23.0. The molecule has 10 heteroatoms. The lowest BCUT2D eigenvalue weighted by atomic mass is 9.33. The fourth-order valence-corrected chi connectivity index (χ4v) is 15.8. The number of benzene rings is 1. The first-order chi connectivity index (χ1) is 25.5. The molecule has 0 radical (unpaired) electrons. The normalized spacial score (nSPS) is 41.5. The number of fused-ring (bicyclic) bond motifs is 7. The van der Waals surface area contributed by atoms with Crippen LogP contribution in [0.3, 0.4) is 0 Å². The Kier molecular flexibility index (Phi) is 9.79. The van der Waals surface area contributed by atoms with Crippen molar-refractivity contribution < 1.29 is 27.9 Å². The molecule has 5 aliphatic carbocycles. The maximum absolute atomic E-state index is 14.6. The molecule has 6 fully saturated rings. The molecule has 2 N–H and O–H groups in total. The minimum atomic E-state index is -2.91. The Morgan fingerprint density at radius 2 is 1.56 bits per heavy atom. The Labute approximate surface area is 323 Å². The van der Waals surface area contributed by atoms with Crippen molar-refractivity contribution in [1.82, 2.24) is 15.1 Å². The molecule has 2 aliphatic heterocycles. The van der Waals surface area contributed by atoms with E-state index < -0.39 is 15.8 Å². The summed E-state index contributed by atoms with van der Waals surface area (Å²) in [6.45, 7) is 18.3. The van der Waals surface area contributed by atoms with Gasteiger partial charge in [-0.2, -0.15) is 0 Å². The van der Waals surface area contributed by atoms with Crippen LogP contribution in [0.2, 0.25) is 0 Å². The highest BCUT2D eigenvalue weighted by Crippen LogP contribution is 2.76. The van der Waals surface area contributed by atoms with E-state index >= 15 is 0 Å². The van der Waals surface area contributed by atoms with E-state index in [1.807, 2.05) is 12.1 Å². The summed E-state index contributed by atoms with van der Waals surface area (Å²) in [6.07, 6.45) is 12.5. The van der Waals surface area contributed by atoms with Gasteiger partial charge in [-0.05, 0) is 126 Å². The number of carbonyl (C=O) groups is 2. The molecule has 0 aromatic heterocycles. The monoisotopic (exact) mass is 763 g/mol. The topological polar surface area (TPSA) is 116 Å². The van der Waals surface area contributed by atoms with Gasteiger partial charge in [-0.3, -0.25) is 4.79 Å². The van der Waals surface area contributed by atoms with Gasteiger partial charge in [0.1, 0.15) is 0 Å². The largest absolute Gasteiger partial charge is 0.478 e. The zero-order valence-corrected chi connectivity index (χ0v) is 34.3. The van der Waals surface area contributed by atoms with E-state index in [1.165, 1.54) is 31.3 Å². The van der Waals surface area contributed by atoms with Crippen molar-refractivity contribution in [2.24, 2.45) is 51.2 Å². The van der Waals surface area contributed by atoms with Crippen molar-refractivity contribution >= 4 is 27.3 Å². The third kappa shape index (κ3) is 6.05. The molecule has 0 spiro atoms. The van der Waals surface area contributed by atoms with E-state index in [4.69, 9.17) is 4.74 Å². The van der Waals surface area contributed by atoms with Crippen LogP contribution in [-0.2, 0) is 19.4 Å². The molecule has 2 heterocycles. The van der Waals surface area contributed by atoms with Gasteiger partial charge in [0.2, 0.25) is 5.91 Å². The van der Waals surface area contributed by atoms with Crippen LogP contribution in [0.1, 0.15) is 108 Å². The second-order valence-corrected chi connectivity index (χ2v) is 22.1. The van der Waals surface area contributed by atoms with Crippen LogP contribution in [0.4, 0.5) is 0 Å². The van der Waals surface area contributed by atoms with Crippen LogP contribution in [0, 0.1) is 51.2 Å². The van der Waals surface area contributed by atoms with E-state index in [9.17, 15) is 23.1 Å². The maximum atomic E-state index is 14.6. The van der Waals surface area contributed by atoms with E-state index in [1.54, 1.807) is 12.1 Å². The molecule has 1 aromatic carbocycles. The van der Waals surface area contributed by atoms with E-state index in [0.717, 1.165) is 50.8 Å². The molecule has 9 atom stereocenters. The van der Waals surface area contributed by atoms with Gasteiger partial charge in [0.05, 0.1) is 30.3 Å². The molecule has 0 bridgehead atoms. The number of morpholine rings is 1. The number of hydrogen-bond donors (Lipinski definition) is 2. The summed E-state index contributed by atoms with van der Waals surface area (Å²) in [5.41, 5.74) is 3.17. The first-order valence-electron chi connectivity index (χ1n) is 21.1. The molecule has 298 valence electrons. The third-order valence-corrected chi connectivity index (χ3v) is 19.0. The van der Waals surface area contributed by atoms with Gasteiger partial charge in [-0.15, -0.1) is 0 Å².